The molecule has 206 valence electrons. The van der Waals surface area contributed by atoms with Crippen molar-refractivity contribution in [2.75, 3.05) is 33.8 Å². The number of sulfonamides is 1. The minimum atomic E-state index is -4.22. The second-order valence-corrected chi connectivity index (χ2v) is 9.87. The molecule has 0 spiro atoms. The van der Waals surface area contributed by atoms with Crippen LogP contribution in [0.4, 0.5) is 5.69 Å². The smallest absolute Gasteiger partial charge is 0.337 e. The number of hydrogen-bond donors (Lipinski definition) is 2. The Labute approximate surface area is 226 Å². The molecule has 0 fully saturated rings. The van der Waals surface area contributed by atoms with E-state index in [1.165, 1.54) is 64.8 Å². The highest BCUT2D eigenvalue weighted by atomic mass is 32.2. The van der Waals surface area contributed by atoms with Crippen molar-refractivity contribution in [2.24, 2.45) is 0 Å². The molecule has 3 rings (SSSR count). The van der Waals surface area contributed by atoms with Gasteiger partial charge in [-0.1, -0.05) is 30.3 Å². The summed E-state index contributed by atoms with van der Waals surface area (Å²) in [5.41, 5.74) is 0.723. The molecule has 3 aromatic rings. The van der Waals surface area contributed by atoms with Crippen molar-refractivity contribution in [2.45, 2.75) is 17.4 Å². The molecule has 0 saturated carbocycles. The summed E-state index contributed by atoms with van der Waals surface area (Å²) in [6.07, 6.45) is -0.000254. The number of benzene rings is 3. The number of anilines is 1. The average molecular weight is 557 g/mol. The van der Waals surface area contributed by atoms with E-state index in [2.05, 4.69) is 10.0 Å². The van der Waals surface area contributed by atoms with Crippen molar-refractivity contribution in [1.82, 2.24) is 4.72 Å². The molecule has 11 nitrogen and oxygen atoms in total. The topological polar surface area (TPSA) is 146 Å². The van der Waals surface area contributed by atoms with Gasteiger partial charge in [0.05, 0.1) is 44.5 Å². The molecule has 1 amide bonds. The number of rotatable bonds is 11. The third-order valence-corrected chi connectivity index (χ3v) is 7.07. The largest absolute Gasteiger partial charge is 0.493 e. The monoisotopic (exact) mass is 556 g/mol. The van der Waals surface area contributed by atoms with E-state index in [0.717, 1.165) is 0 Å². The maximum atomic E-state index is 13.4. The Kier molecular flexibility index (Phi) is 9.63. The van der Waals surface area contributed by atoms with E-state index in [0.29, 0.717) is 11.3 Å². The van der Waals surface area contributed by atoms with Gasteiger partial charge in [-0.25, -0.2) is 18.0 Å². The van der Waals surface area contributed by atoms with E-state index >= 15 is 0 Å². The maximum Gasteiger partial charge on any atom is 0.337 e. The number of amides is 1. The maximum absolute atomic E-state index is 13.4. The van der Waals surface area contributed by atoms with Crippen LogP contribution in [0.3, 0.4) is 0 Å². The first-order chi connectivity index (χ1) is 18.6. The summed E-state index contributed by atoms with van der Waals surface area (Å²) >= 11 is 0. The fourth-order valence-electron chi connectivity index (χ4n) is 3.68. The number of methoxy groups -OCH3 is 4. The van der Waals surface area contributed by atoms with Crippen LogP contribution in [0.25, 0.3) is 0 Å². The van der Waals surface area contributed by atoms with Gasteiger partial charge in [-0.05, 0) is 42.3 Å². The summed E-state index contributed by atoms with van der Waals surface area (Å²) in [5, 5.41) is 2.59. The predicted octanol–water partition coefficient (Wildman–Crippen LogP) is 2.81. The number of hydrogen-bond acceptors (Lipinski definition) is 9. The zero-order valence-electron chi connectivity index (χ0n) is 21.7. The molecule has 0 heterocycles. The molecule has 0 aliphatic heterocycles. The average Bonchev–Trinajstić information content (AvgIpc) is 2.95. The minimum Gasteiger partial charge on any atom is -0.493 e. The highest BCUT2D eigenvalue weighted by Gasteiger charge is 2.28. The summed E-state index contributed by atoms with van der Waals surface area (Å²) in [6, 6.07) is 15.4. The third-order valence-electron chi connectivity index (χ3n) is 5.60. The normalized spacial score (nSPS) is 11.7. The van der Waals surface area contributed by atoms with Crippen molar-refractivity contribution in [3.8, 4) is 11.5 Å². The quantitative estimate of drug-likeness (QED) is 0.340. The molecule has 0 unspecified atom stereocenters. The fourth-order valence-corrected chi connectivity index (χ4v) is 4.89. The molecule has 0 aliphatic carbocycles. The molecule has 0 saturated heterocycles. The van der Waals surface area contributed by atoms with Crippen LogP contribution >= 0.6 is 0 Å². The van der Waals surface area contributed by atoms with Crippen LogP contribution in [-0.4, -0.2) is 60.7 Å². The van der Waals surface area contributed by atoms with Gasteiger partial charge in [0.15, 0.2) is 11.5 Å². The van der Waals surface area contributed by atoms with E-state index in [1.807, 2.05) is 0 Å². The van der Waals surface area contributed by atoms with Crippen LogP contribution in [0.1, 0.15) is 26.3 Å². The van der Waals surface area contributed by atoms with E-state index in [1.54, 1.807) is 30.3 Å². The molecule has 1 atom stereocenters. The second-order valence-electron chi connectivity index (χ2n) is 8.15. The van der Waals surface area contributed by atoms with Gasteiger partial charge < -0.3 is 24.3 Å². The van der Waals surface area contributed by atoms with Gasteiger partial charge in [0, 0.05) is 11.8 Å². The summed E-state index contributed by atoms with van der Waals surface area (Å²) in [5.74, 6) is -1.69. The van der Waals surface area contributed by atoms with E-state index < -0.39 is 33.9 Å². The van der Waals surface area contributed by atoms with E-state index in [4.69, 9.17) is 18.9 Å². The highest BCUT2D eigenvalue weighted by molar-refractivity contribution is 7.89. The first kappa shape index (κ1) is 29.1. The SMILES string of the molecule is COC(=O)c1cc(NC(=O)[C@@H](Cc2ccccc2)NS(=O)(=O)c2ccc(OC)c(OC)c2)cc(C(=O)OC)c1. The molecule has 12 heteroatoms. The molecule has 0 aromatic heterocycles. The van der Waals surface area contributed by atoms with Crippen LogP contribution in [0.5, 0.6) is 11.5 Å². The zero-order valence-corrected chi connectivity index (χ0v) is 22.5. The van der Waals surface area contributed by atoms with Gasteiger partial charge in [0.25, 0.3) is 0 Å². The van der Waals surface area contributed by atoms with Crippen molar-refractivity contribution in [3.63, 3.8) is 0 Å². The van der Waals surface area contributed by atoms with Gasteiger partial charge in [-0.3, -0.25) is 4.79 Å². The van der Waals surface area contributed by atoms with Gasteiger partial charge >= 0.3 is 11.9 Å². The van der Waals surface area contributed by atoms with Crippen molar-refractivity contribution < 1.29 is 41.7 Å². The summed E-state index contributed by atoms with van der Waals surface area (Å²) < 4.78 is 48.9. The summed E-state index contributed by atoms with van der Waals surface area (Å²) in [7, 11) is 0.917. The highest BCUT2D eigenvalue weighted by Crippen LogP contribution is 2.29. The Hall–Kier alpha value is -4.42. The number of esters is 2. The lowest BCUT2D eigenvalue weighted by Crippen LogP contribution is -2.45. The number of ether oxygens (including phenoxy) is 4. The lowest BCUT2D eigenvalue weighted by Gasteiger charge is -2.20. The Morgan fingerprint density at radius 2 is 1.36 bits per heavy atom. The fraction of sp³-hybridized carbons (Fsp3) is 0.222. The Balaban J connectivity index is 1.97. The zero-order chi connectivity index (χ0) is 28.6. The molecule has 0 aliphatic rings. The van der Waals surface area contributed by atoms with Crippen molar-refractivity contribution in [1.29, 1.82) is 0 Å². The molecule has 39 heavy (non-hydrogen) atoms. The van der Waals surface area contributed by atoms with Crippen molar-refractivity contribution in [3.05, 3.63) is 83.4 Å². The van der Waals surface area contributed by atoms with Gasteiger partial charge in [-0.15, -0.1) is 0 Å². The first-order valence-electron chi connectivity index (χ1n) is 11.5. The molecular formula is C27H28N2O9S. The van der Waals surface area contributed by atoms with Gasteiger partial charge in [-0.2, -0.15) is 4.72 Å². The summed E-state index contributed by atoms with van der Waals surface area (Å²) in [4.78, 5) is 37.6. The molecular weight excluding hydrogens is 528 g/mol. The van der Waals surface area contributed by atoms with E-state index in [-0.39, 0.29) is 33.9 Å². The Morgan fingerprint density at radius 1 is 0.769 bits per heavy atom. The van der Waals surface area contributed by atoms with Crippen LogP contribution < -0.4 is 19.5 Å². The second kappa shape index (κ2) is 12.9. The number of nitrogens with one attached hydrogen (secondary N) is 2. The predicted molar refractivity (Wildman–Crippen MR) is 142 cm³/mol. The minimum absolute atomic E-state index is 0.000254. The molecule has 3 aromatic carbocycles. The van der Waals surface area contributed by atoms with Crippen LogP contribution in [0.15, 0.2) is 71.6 Å². The molecule has 0 radical (unpaired) electrons. The summed E-state index contributed by atoms with van der Waals surface area (Å²) in [6.45, 7) is 0. The van der Waals surface area contributed by atoms with Gasteiger partial charge in [0.1, 0.15) is 6.04 Å². The van der Waals surface area contributed by atoms with E-state index in [9.17, 15) is 22.8 Å². The third kappa shape index (κ3) is 7.33. The van der Waals surface area contributed by atoms with Crippen LogP contribution in [-0.2, 0) is 30.7 Å². The standard InChI is InChI=1S/C27H28N2O9S/c1-35-23-11-10-21(16-24(23)36-2)39(33,34)29-22(12-17-8-6-5-7-9-17)25(30)28-20-14-18(26(31)37-3)13-19(15-20)27(32)38-4/h5-11,13-16,22,29H,12H2,1-4H3,(H,28,30)/t22-/m1/s1. The number of carbonyl (C=O) groups is 3. The molecule has 2 N–H and O–H groups in total. The Bertz CT molecular complexity index is 1420. The first-order valence-corrected chi connectivity index (χ1v) is 13.0. The van der Waals surface area contributed by atoms with Crippen LogP contribution in [0, 0.1) is 0 Å². The molecule has 0 bridgehead atoms. The van der Waals surface area contributed by atoms with Gasteiger partial charge in [0.2, 0.25) is 15.9 Å². The lowest BCUT2D eigenvalue weighted by atomic mass is 10.1. The van der Waals surface area contributed by atoms with Crippen molar-refractivity contribution >= 4 is 33.6 Å². The Morgan fingerprint density at radius 3 is 1.90 bits per heavy atom. The van der Waals surface area contributed by atoms with Crippen LogP contribution in [0.2, 0.25) is 0 Å². The lowest BCUT2D eigenvalue weighted by molar-refractivity contribution is -0.117. The number of carbonyl (C=O) groups excluding carboxylic acids is 3.